The van der Waals surface area contributed by atoms with E-state index >= 15 is 0 Å². The van der Waals surface area contributed by atoms with Crippen LogP contribution in [0.3, 0.4) is 0 Å². The van der Waals surface area contributed by atoms with Crippen LogP contribution in [0.15, 0.2) is 60.9 Å². The smallest absolute Gasteiger partial charge is 0.119 e. The Morgan fingerprint density at radius 1 is 0.667 bits per heavy atom. The van der Waals surface area contributed by atoms with Crippen LogP contribution in [0.25, 0.3) is 21.8 Å². The molecule has 8 nitrogen and oxygen atoms in total. The number of benzene rings is 2. The van der Waals surface area contributed by atoms with Crippen LogP contribution in [0.4, 0.5) is 11.4 Å². The Morgan fingerprint density at radius 3 is 1.51 bits per heavy atom. The molecule has 2 N–H and O–H groups in total. The molecule has 5 rings (SSSR count). The Kier molecular flexibility index (Phi) is 10.4. The molecular formula is C30H39ClN6O2. The maximum atomic E-state index is 5.39. The Bertz CT molecular complexity index is 1240. The van der Waals surface area contributed by atoms with E-state index in [1.807, 2.05) is 48.8 Å². The number of pyridine rings is 2. The highest BCUT2D eigenvalue weighted by Crippen LogP contribution is 2.27. The van der Waals surface area contributed by atoms with Crippen molar-refractivity contribution in [1.82, 2.24) is 19.8 Å². The summed E-state index contributed by atoms with van der Waals surface area (Å²) < 4.78 is 10.8. The lowest BCUT2D eigenvalue weighted by Crippen LogP contribution is -2.47. The molecule has 9 heteroatoms. The van der Waals surface area contributed by atoms with E-state index in [9.17, 15) is 0 Å². The Balaban J connectivity index is 0.00000353. The molecule has 1 aliphatic rings. The third-order valence-corrected chi connectivity index (χ3v) is 7.30. The van der Waals surface area contributed by atoms with E-state index < -0.39 is 0 Å². The lowest BCUT2D eigenvalue weighted by Gasteiger charge is -2.34. The third-order valence-electron chi connectivity index (χ3n) is 7.30. The fraction of sp³-hybridized carbons (Fsp3) is 0.400. The van der Waals surface area contributed by atoms with E-state index in [-0.39, 0.29) is 12.4 Å². The van der Waals surface area contributed by atoms with Crippen LogP contribution >= 0.6 is 12.4 Å². The van der Waals surface area contributed by atoms with Crippen molar-refractivity contribution in [2.24, 2.45) is 0 Å². The van der Waals surface area contributed by atoms with E-state index in [2.05, 4.69) is 42.5 Å². The first-order chi connectivity index (χ1) is 18.7. The third kappa shape index (κ3) is 7.41. The number of anilines is 2. The van der Waals surface area contributed by atoms with Gasteiger partial charge >= 0.3 is 0 Å². The number of nitrogens with one attached hydrogen (secondary N) is 2. The van der Waals surface area contributed by atoms with Crippen molar-refractivity contribution in [3.63, 3.8) is 0 Å². The maximum Gasteiger partial charge on any atom is 0.119 e. The fourth-order valence-corrected chi connectivity index (χ4v) is 5.10. The second kappa shape index (κ2) is 14.2. The second-order valence-corrected chi connectivity index (χ2v) is 9.73. The molecule has 1 fully saturated rings. The van der Waals surface area contributed by atoms with Gasteiger partial charge in [0.05, 0.1) is 25.3 Å². The van der Waals surface area contributed by atoms with Crippen LogP contribution in [0.1, 0.15) is 12.8 Å². The van der Waals surface area contributed by atoms with E-state index in [4.69, 9.17) is 9.47 Å². The number of halogens is 1. The highest BCUT2D eigenvalue weighted by atomic mass is 35.5. The van der Waals surface area contributed by atoms with Gasteiger partial charge in [0.1, 0.15) is 11.5 Å². The summed E-state index contributed by atoms with van der Waals surface area (Å²) in [7, 11) is 3.40. The average molecular weight is 551 g/mol. The molecular weight excluding hydrogens is 512 g/mol. The molecule has 0 amide bonds. The van der Waals surface area contributed by atoms with Gasteiger partial charge in [-0.1, -0.05) is 0 Å². The minimum absolute atomic E-state index is 0. The first-order valence-corrected chi connectivity index (χ1v) is 13.5. The van der Waals surface area contributed by atoms with Crippen LogP contribution in [0.2, 0.25) is 0 Å². The highest BCUT2D eigenvalue weighted by Gasteiger charge is 2.16. The molecule has 39 heavy (non-hydrogen) atoms. The zero-order valence-electron chi connectivity index (χ0n) is 22.9. The lowest BCUT2D eigenvalue weighted by molar-refractivity contribution is 0.132. The van der Waals surface area contributed by atoms with Crippen molar-refractivity contribution in [2.45, 2.75) is 12.8 Å². The van der Waals surface area contributed by atoms with E-state index in [1.165, 1.54) is 0 Å². The van der Waals surface area contributed by atoms with Gasteiger partial charge in [-0.2, -0.15) is 0 Å². The number of aromatic nitrogens is 2. The standard InChI is InChI=1S/C30H38N6O2.ClH/c1-37-23-5-7-27-25(21-23)29(9-13-33-27)31-11-3-15-35-17-19-36(20-18-35)16-4-12-32-30-10-14-34-28-8-6-24(38-2)22-26(28)30;/h5-10,13-14,21-22H,3-4,11-12,15-20H2,1-2H3,(H,31,33)(H,32,34);1H. The number of piperazine rings is 1. The predicted molar refractivity (Wildman–Crippen MR) is 163 cm³/mol. The molecule has 0 aliphatic carbocycles. The number of ether oxygens (including phenoxy) is 2. The molecule has 208 valence electrons. The van der Waals surface area contributed by atoms with E-state index in [1.54, 1.807) is 14.2 Å². The minimum atomic E-state index is 0. The average Bonchev–Trinajstić information content (AvgIpc) is 2.97. The van der Waals surface area contributed by atoms with Gasteiger partial charge in [-0.25, -0.2) is 0 Å². The number of fused-ring (bicyclic) bond motifs is 2. The number of nitrogens with zero attached hydrogens (tertiary/aromatic N) is 4. The summed E-state index contributed by atoms with van der Waals surface area (Å²) in [4.78, 5) is 14.1. The molecule has 0 saturated carbocycles. The number of rotatable bonds is 12. The molecule has 4 aromatic rings. The van der Waals surface area contributed by atoms with Gasteiger partial charge in [0.25, 0.3) is 0 Å². The summed E-state index contributed by atoms with van der Waals surface area (Å²) in [6.45, 7) is 8.67. The van der Waals surface area contributed by atoms with Gasteiger partial charge in [-0.3, -0.25) is 9.97 Å². The van der Waals surface area contributed by atoms with E-state index in [0.29, 0.717) is 0 Å². The first kappa shape index (κ1) is 28.7. The molecule has 2 aromatic carbocycles. The molecule has 0 atom stereocenters. The maximum absolute atomic E-state index is 5.39. The monoisotopic (exact) mass is 550 g/mol. The fourth-order valence-electron chi connectivity index (χ4n) is 5.10. The SMILES string of the molecule is COc1ccc2nccc(NCCCN3CCN(CCCNc4ccnc5ccc(OC)cc45)CC3)c2c1.Cl. The summed E-state index contributed by atoms with van der Waals surface area (Å²) in [5, 5.41) is 9.41. The molecule has 2 aromatic heterocycles. The van der Waals surface area contributed by atoms with Crippen LogP contribution < -0.4 is 20.1 Å². The summed E-state index contributed by atoms with van der Waals surface area (Å²) in [6, 6.07) is 16.1. The van der Waals surface area contributed by atoms with Crippen LogP contribution in [0.5, 0.6) is 11.5 Å². The van der Waals surface area contributed by atoms with Gasteiger partial charge in [0.15, 0.2) is 0 Å². The highest BCUT2D eigenvalue weighted by molar-refractivity contribution is 5.92. The van der Waals surface area contributed by atoms with Crippen molar-refractivity contribution in [2.75, 3.05) is 77.2 Å². The molecule has 3 heterocycles. The zero-order chi connectivity index (χ0) is 26.2. The quantitative estimate of drug-likeness (QED) is 0.235. The Labute approximate surface area is 237 Å². The predicted octanol–water partition coefficient (Wildman–Crippen LogP) is 5.14. The molecule has 1 saturated heterocycles. The molecule has 0 bridgehead atoms. The van der Waals surface area contributed by atoms with Crippen LogP contribution in [0, 0.1) is 0 Å². The van der Waals surface area contributed by atoms with Crippen molar-refractivity contribution < 1.29 is 9.47 Å². The Morgan fingerprint density at radius 2 is 1.10 bits per heavy atom. The topological polar surface area (TPSA) is 74.8 Å². The summed E-state index contributed by atoms with van der Waals surface area (Å²) in [5.41, 5.74) is 4.20. The zero-order valence-corrected chi connectivity index (χ0v) is 23.7. The van der Waals surface area contributed by atoms with Crippen molar-refractivity contribution >= 4 is 45.6 Å². The van der Waals surface area contributed by atoms with Crippen LogP contribution in [-0.2, 0) is 0 Å². The number of hydrogen-bond acceptors (Lipinski definition) is 8. The minimum Gasteiger partial charge on any atom is -0.497 e. The summed E-state index contributed by atoms with van der Waals surface area (Å²) in [5.74, 6) is 1.71. The molecule has 0 radical (unpaired) electrons. The number of hydrogen-bond donors (Lipinski definition) is 2. The van der Waals surface area contributed by atoms with Gasteiger partial charge in [0, 0.05) is 73.8 Å². The van der Waals surface area contributed by atoms with E-state index in [0.717, 1.165) is 110 Å². The van der Waals surface area contributed by atoms with Gasteiger partial charge in [-0.05, 0) is 74.5 Å². The normalized spacial score (nSPS) is 14.2. The number of methoxy groups -OCH3 is 2. The molecule has 0 unspecified atom stereocenters. The van der Waals surface area contributed by atoms with Gasteiger partial charge in [-0.15, -0.1) is 12.4 Å². The lowest BCUT2D eigenvalue weighted by atomic mass is 10.1. The van der Waals surface area contributed by atoms with Gasteiger partial charge < -0.3 is 29.9 Å². The molecule has 0 spiro atoms. The van der Waals surface area contributed by atoms with Crippen LogP contribution in [-0.4, -0.2) is 86.3 Å². The summed E-state index contributed by atoms with van der Waals surface area (Å²) in [6.07, 6.45) is 5.95. The Hall–Kier alpha value is -3.33. The molecule has 1 aliphatic heterocycles. The second-order valence-electron chi connectivity index (χ2n) is 9.73. The van der Waals surface area contributed by atoms with Crippen molar-refractivity contribution in [1.29, 1.82) is 0 Å². The van der Waals surface area contributed by atoms with Crippen molar-refractivity contribution in [3.8, 4) is 11.5 Å². The first-order valence-electron chi connectivity index (χ1n) is 13.5. The van der Waals surface area contributed by atoms with Crippen molar-refractivity contribution in [3.05, 3.63) is 60.9 Å². The summed E-state index contributed by atoms with van der Waals surface area (Å²) >= 11 is 0. The largest absolute Gasteiger partial charge is 0.497 e. The van der Waals surface area contributed by atoms with Gasteiger partial charge in [0.2, 0.25) is 0 Å².